The minimum absolute atomic E-state index is 0.205. The van der Waals surface area contributed by atoms with Crippen molar-refractivity contribution in [3.63, 3.8) is 0 Å². The van der Waals surface area contributed by atoms with Crippen molar-refractivity contribution in [1.29, 1.82) is 0 Å². The lowest BCUT2D eigenvalue weighted by molar-refractivity contribution is 0.182. The van der Waals surface area contributed by atoms with Crippen molar-refractivity contribution in [2.24, 2.45) is 5.73 Å². The van der Waals surface area contributed by atoms with E-state index >= 15 is 0 Å². The van der Waals surface area contributed by atoms with E-state index in [2.05, 4.69) is 47.0 Å². The number of nitrogens with two attached hydrogens (primary N) is 1. The number of hydrogen-bond donors (Lipinski definition) is 1. The fourth-order valence-electron chi connectivity index (χ4n) is 2.30. The Morgan fingerprint density at radius 1 is 1.40 bits per heavy atom. The number of halogens is 1. The van der Waals surface area contributed by atoms with Crippen molar-refractivity contribution >= 4 is 15.9 Å². The molecular formula is C15H20BrN3O. The molecular weight excluding hydrogens is 318 g/mol. The lowest BCUT2D eigenvalue weighted by Gasteiger charge is -2.18. The predicted molar refractivity (Wildman–Crippen MR) is 83.7 cm³/mol. The van der Waals surface area contributed by atoms with Crippen molar-refractivity contribution in [3.05, 3.63) is 51.3 Å². The molecule has 4 nitrogen and oxygen atoms in total. The summed E-state index contributed by atoms with van der Waals surface area (Å²) in [5.41, 5.74) is 11.1. The minimum atomic E-state index is -0.205. The maximum atomic E-state index is 6.47. The summed E-state index contributed by atoms with van der Waals surface area (Å²) in [5.74, 6) is 0. The first-order valence-electron chi connectivity index (χ1n) is 6.58. The van der Waals surface area contributed by atoms with Gasteiger partial charge in [0, 0.05) is 7.11 Å². The molecule has 0 aliphatic rings. The van der Waals surface area contributed by atoms with Gasteiger partial charge in [-0.3, -0.25) is 4.68 Å². The Balaban J connectivity index is 2.40. The van der Waals surface area contributed by atoms with Gasteiger partial charge >= 0.3 is 0 Å². The standard InChI is InChI=1S/C15H20BrN3O/c1-10-5-4-6-12(11(10)2)14(17)15-13(16)9-18-19(15)7-8-20-3/h4-6,9,14H,7-8,17H2,1-3H3. The third-order valence-corrected chi connectivity index (χ3v) is 4.23. The van der Waals surface area contributed by atoms with Crippen LogP contribution in [0.15, 0.2) is 28.9 Å². The molecule has 1 atom stereocenters. The fourth-order valence-corrected chi connectivity index (χ4v) is 2.84. The number of rotatable bonds is 5. The summed E-state index contributed by atoms with van der Waals surface area (Å²) >= 11 is 3.55. The molecule has 0 radical (unpaired) electrons. The van der Waals surface area contributed by atoms with Gasteiger partial charge in [0.25, 0.3) is 0 Å². The van der Waals surface area contributed by atoms with Crippen LogP contribution in [-0.2, 0) is 11.3 Å². The molecule has 0 saturated heterocycles. The molecule has 0 spiro atoms. The zero-order chi connectivity index (χ0) is 14.7. The van der Waals surface area contributed by atoms with Gasteiger partial charge in [-0.1, -0.05) is 18.2 Å². The maximum Gasteiger partial charge on any atom is 0.0740 e. The summed E-state index contributed by atoms with van der Waals surface area (Å²) in [6.45, 7) is 5.51. The van der Waals surface area contributed by atoms with Gasteiger partial charge in [0.05, 0.1) is 35.6 Å². The summed E-state index contributed by atoms with van der Waals surface area (Å²) in [4.78, 5) is 0. The van der Waals surface area contributed by atoms with E-state index in [0.717, 1.165) is 15.7 Å². The molecule has 0 aliphatic carbocycles. The number of nitrogens with zero attached hydrogens (tertiary/aromatic N) is 2. The first kappa shape index (κ1) is 15.2. The van der Waals surface area contributed by atoms with Crippen LogP contribution < -0.4 is 5.73 Å². The van der Waals surface area contributed by atoms with Gasteiger partial charge in [-0.2, -0.15) is 5.10 Å². The quantitative estimate of drug-likeness (QED) is 0.912. The Morgan fingerprint density at radius 3 is 2.85 bits per heavy atom. The van der Waals surface area contributed by atoms with Crippen LogP contribution in [0.5, 0.6) is 0 Å². The normalized spacial score (nSPS) is 12.7. The topological polar surface area (TPSA) is 53.1 Å². The maximum absolute atomic E-state index is 6.47. The second-order valence-corrected chi connectivity index (χ2v) is 5.71. The van der Waals surface area contributed by atoms with Crippen LogP contribution in [0, 0.1) is 13.8 Å². The smallest absolute Gasteiger partial charge is 0.0740 e. The summed E-state index contributed by atoms with van der Waals surface area (Å²) in [6.07, 6.45) is 1.79. The van der Waals surface area contributed by atoms with E-state index in [9.17, 15) is 0 Å². The Labute approximate surface area is 128 Å². The van der Waals surface area contributed by atoms with Crippen LogP contribution in [0.25, 0.3) is 0 Å². The Kier molecular flexibility index (Phi) is 4.96. The molecule has 1 aromatic heterocycles. The van der Waals surface area contributed by atoms with Gasteiger partial charge in [0.2, 0.25) is 0 Å². The third kappa shape index (κ3) is 2.95. The monoisotopic (exact) mass is 337 g/mol. The number of ether oxygens (including phenoxy) is 1. The van der Waals surface area contributed by atoms with Gasteiger partial charge in [-0.05, 0) is 46.5 Å². The zero-order valence-corrected chi connectivity index (χ0v) is 13.6. The molecule has 108 valence electrons. The van der Waals surface area contributed by atoms with Crippen LogP contribution in [-0.4, -0.2) is 23.5 Å². The summed E-state index contributed by atoms with van der Waals surface area (Å²) in [5, 5.41) is 4.36. The molecule has 0 aliphatic heterocycles. The van der Waals surface area contributed by atoms with Crippen molar-refractivity contribution in [1.82, 2.24) is 9.78 Å². The highest BCUT2D eigenvalue weighted by Gasteiger charge is 2.20. The van der Waals surface area contributed by atoms with Gasteiger partial charge in [-0.15, -0.1) is 0 Å². The van der Waals surface area contributed by atoms with E-state index in [0.29, 0.717) is 13.2 Å². The van der Waals surface area contributed by atoms with E-state index < -0.39 is 0 Å². The molecule has 1 unspecified atom stereocenters. The first-order valence-corrected chi connectivity index (χ1v) is 7.37. The van der Waals surface area contributed by atoms with Crippen LogP contribution in [0.2, 0.25) is 0 Å². The van der Waals surface area contributed by atoms with Crippen LogP contribution >= 0.6 is 15.9 Å². The minimum Gasteiger partial charge on any atom is -0.383 e. The van der Waals surface area contributed by atoms with Crippen LogP contribution in [0.4, 0.5) is 0 Å². The number of benzene rings is 1. The van der Waals surface area contributed by atoms with Crippen LogP contribution in [0.1, 0.15) is 28.4 Å². The SMILES string of the molecule is COCCn1ncc(Br)c1C(N)c1cccc(C)c1C. The molecule has 0 bridgehead atoms. The Bertz CT molecular complexity index is 595. The molecule has 2 rings (SSSR count). The van der Waals surface area contributed by atoms with E-state index in [-0.39, 0.29) is 6.04 Å². The van der Waals surface area contributed by atoms with E-state index in [1.54, 1.807) is 13.3 Å². The third-order valence-electron chi connectivity index (χ3n) is 3.62. The zero-order valence-electron chi connectivity index (χ0n) is 12.1. The van der Waals surface area contributed by atoms with Crippen LogP contribution in [0.3, 0.4) is 0 Å². The highest BCUT2D eigenvalue weighted by atomic mass is 79.9. The highest BCUT2D eigenvalue weighted by Crippen LogP contribution is 2.29. The first-order chi connectivity index (χ1) is 9.56. The van der Waals surface area contributed by atoms with E-state index in [1.807, 2.05) is 10.7 Å². The molecule has 0 amide bonds. The molecule has 1 heterocycles. The molecule has 2 aromatic rings. The second-order valence-electron chi connectivity index (χ2n) is 4.86. The predicted octanol–water partition coefficient (Wildman–Crippen LogP) is 2.96. The number of methoxy groups -OCH3 is 1. The number of aryl methyl sites for hydroxylation is 1. The lowest BCUT2D eigenvalue weighted by Crippen LogP contribution is -2.20. The Hall–Kier alpha value is -1.17. The van der Waals surface area contributed by atoms with Crippen molar-refractivity contribution in [2.45, 2.75) is 26.4 Å². The lowest BCUT2D eigenvalue weighted by atomic mass is 9.96. The van der Waals surface area contributed by atoms with E-state index in [4.69, 9.17) is 10.5 Å². The molecule has 0 saturated carbocycles. The average molecular weight is 338 g/mol. The highest BCUT2D eigenvalue weighted by molar-refractivity contribution is 9.10. The van der Waals surface area contributed by atoms with Gasteiger partial charge < -0.3 is 10.5 Å². The van der Waals surface area contributed by atoms with E-state index in [1.165, 1.54) is 11.1 Å². The van der Waals surface area contributed by atoms with Gasteiger partial charge in [0.1, 0.15) is 0 Å². The molecule has 1 aromatic carbocycles. The number of aromatic nitrogens is 2. The van der Waals surface area contributed by atoms with Crippen molar-refractivity contribution < 1.29 is 4.74 Å². The Morgan fingerprint density at radius 2 is 2.15 bits per heavy atom. The summed E-state index contributed by atoms with van der Waals surface area (Å²) in [6, 6.07) is 6.01. The molecule has 0 fully saturated rings. The summed E-state index contributed by atoms with van der Waals surface area (Å²) < 4.78 is 7.96. The summed E-state index contributed by atoms with van der Waals surface area (Å²) in [7, 11) is 1.68. The number of hydrogen-bond acceptors (Lipinski definition) is 3. The molecule has 5 heteroatoms. The van der Waals surface area contributed by atoms with Crippen molar-refractivity contribution in [2.75, 3.05) is 13.7 Å². The van der Waals surface area contributed by atoms with Crippen molar-refractivity contribution in [3.8, 4) is 0 Å². The van der Waals surface area contributed by atoms with Gasteiger partial charge in [-0.25, -0.2) is 0 Å². The average Bonchev–Trinajstić information content (AvgIpc) is 2.80. The molecule has 20 heavy (non-hydrogen) atoms. The van der Waals surface area contributed by atoms with Gasteiger partial charge in [0.15, 0.2) is 0 Å². The fraction of sp³-hybridized carbons (Fsp3) is 0.400. The molecule has 2 N–H and O–H groups in total. The largest absolute Gasteiger partial charge is 0.383 e. The second kappa shape index (κ2) is 6.52.